The van der Waals surface area contributed by atoms with Crippen LogP contribution in [0.25, 0.3) is 5.69 Å². The normalized spacial score (nSPS) is 16.2. The molecule has 2 aromatic carbocycles. The fraction of sp³-hybridized carbons (Fsp3) is 0.261. The number of amides is 2. The number of hydrogen-bond donors (Lipinski definition) is 1. The van der Waals surface area contributed by atoms with Crippen molar-refractivity contribution in [3.63, 3.8) is 0 Å². The van der Waals surface area contributed by atoms with E-state index in [0.717, 1.165) is 17.7 Å². The lowest BCUT2D eigenvalue weighted by Gasteiger charge is -2.17. The molecule has 6 nitrogen and oxygen atoms in total. The third-order valence-corrected chi connectivity index (χ3v) is 5.29. The van der Waals surface area contributed by atoms with E-state index in [0.29, 0.717) is 19.6 Å². The summed E-state index contributed by atoms with van der Waals surface area (Å²) in [4.78, 5) is 26.8. The number of hydrogen-bond acceptors (Lipinski definition) is 3. The summed E-state index contributed by atoms with van der Waals surface area (Å²) >= 11 is 0. The molecule has 0 radical (unpaired) electrons. The molecule has 3 aromatic rings. The Kier molecular flexibility index (Phi) is 5.70. The maximum atomic E-state index is 12.7. The third kappa shape index (κ3) is 4.54. The Morgan fingerprint density at radius 1 is 1.07 bits per heavy atom. The van der Waals surface area contributed by atoms with Crippen molar-refractivity contribution in [1.82, 2.24) is 20.0 Å². The Bertz CT molecular complexity index is 970. The highest BCUT2D eigenvalue weighted by Crippen LogP contribution is 2.19. The number of aromatic nitrogens is 2. The van der Waals surface area contributed by atoms with Gasteiger partial charge in [0.1, 0.15) is 0 Å². The van der Waals surface area contributed by atoms with Crippen LogP contribution in [0.15, 0.2) is 73.1 Å². The van der Waals surface area contributed by atoms with Gasteiger partial charge in [-0.1, -0.05) is 48.5 Å². The second kappa shape index (κ2) is 8.73. The molecule has 148 valence electrons. The lowest BCUT2D eigenvalue weighted by Crippen LogP contribution is -2.33. The summed E-state index contributed by atoms with van der Waals surface area (Å²) in [6.07, 6.45) is 4.68. The standard InChI is InChI=1S/C23H24N4O2/c28-22-15-20(17-26(22)14-11-18-7-2-1-3-8-18)23(29)24-16-19-9-4-5-10-21(19)27-13-6-12-25-27/h1-10,12-13,20H,11,14-17H2,(H,24,29)/t20-/m1/s1. The minimum absolute atomic E-state index is 0.0537. The average Bonchev–Trinajstić information content (AvgIpc) is 3.41. The minimum Gasteiger partial charge on any atom is -0.352 e. The first-order valence-electron chi connectivity index (χ1n) is 9.88. The first kappa shape index (κ1) is 18.9. The third-order valence-electron chi connectivity index (χ3n) is 5.29. The van der Waals surface area contributed by atoms with Crippen LogP contribution in [-0.2, 0) is 22.6 Å². The molecule has 0 saturated carbocycles. The predicted molar refractivity (Wildman–Crippen MR) is 110 cm³/mol. The molecule has 0 spiro atoms. The lowest BCUT2D eigenvalue weighted by atomic mass is 10.1. The second-order valence-electron chi connectivity index (χ2n) is 7.27. The second-order valence-corrected chi connectivity index (χ2v) is 7.27. The van der Waals surface area contributed by atoms with Gasteiger partial charge in [0.15, 0.2) is 0 Å². The van der Waals surface area contributed by atoms with E-state index in [1.165, 1.54) is 5.56 Å². The molecule has 0 aliphatic carbocycles. The monoisotopic (exact) mass is 388 g/mol. The number of benzene rings is 2. The van der Waals surface area contributed by atoms with Crippen molar-refractivity contribution in [3.8, 4) is 5.69 Å². The van der Waals surface area contributed by atoms with Crippen LogP contribution in [0, 0.1) is 5.92 Å². The zero-order chi connectivity index (χ0) is 20.1. The zero-order valence-corrected chi connectivity index (χ0v) is 16.2. The van der Waals surface area contributed by atoms with E-state index in [-0.39, 0.29) is 24.2 Å². The van der Waals surface area contributed by atoms with Gasteiger partial charge < -0.3 is 10.2 Å². The summed E-state index contributed by atoms with van der Waals surface area (Å²) in [5.74, 6) is -0.316. The molecule has 1 N–H and O–H groups in total. The quantitative estimate of drug-likeness (QED) is 0.677. The molecule has 2 heterocycles. The largest absolute Gasteiger partial charge is 0.352 e. The fourth-order valence-electron chi connectivity index (χ4n) is 3.69. The van der Waals surface area contributed by atoms with Gasteiger partial charge >= 0.3 is 0 Å². The lowest BCUT2D eigenvalue weighted by molar-refractivity contribution is -0.129. The molecule has 1 atom stereocenters. The van der Waals surface area contributed by atoms with E-state index < -0.39 is 0 Å². The van der Waals surface area contributed by atoms with E-state index in [1.54, 1.807) is 15.8 Å². The molecule has 6 heteroatoms. The summed E-state index contributed by atoms with van der Waals surface area (Å²) in [5, 5.41) is 7.27. The van der Waals surface area contributed by atoms with Crippen molar-refractivity contribution in [1.29, 1.82) is 0 Å². The van der Waals surface area contributed by atoms with Crippen molar-refractivity contribution >= 4 is 11.8 Å². The highest BCUT2D eigenvalue weighted by atomic mass is 16.2. The molecular weight excluding hydrogens is 364 g/mol. The number of carbonyl (C=O) groups excluding carboxylic acids is 2. The van der Waals surface area contributed by atoms with Crippen molar-refractivity contribution < 1.29 is 9.59 Å². The van der Waals surface area contributed by atoms with Gasteiger partial charge in [0.25, 0.3) is 0 Å². The Morgan fingerprint density at radius 3 is 2.66 bits per heavy atom. The summed E-state index contributed by atoms with van der Waals surface area (Å²) in [7, 11) is 0. The van der Waals surface area contributed by atoms with Crippen LogP contribution >= 0.6 is 0 Å². The topological polar surface area (TPSA) is 67.2 Å². The maximum Gasteiger partial charge on any atom is 0.225 e. The van der Waals surface area contributed by atoms with Gasteiger partial charge in [0, 0.05) is 38.4 Å². The summed E-state index contributed by atoms with van der Waals surface area (Å²) < 4.78 is 1.78. The van der Waals surface area contributed by atoms with Crippen molar-refractivity contribution in [3.05, 3.63) is 84.2 Å². The van der Waals surface area contributed by atoms with Crippen molar-refractivity contribution in [2.45, 2.75) is 19.4 Å². The van der Waals surface area contributed by atoms with Gasteiger partial charge in [-0.05, 0) is 29.7 Å². The highest BCUT2D eigenvalue weighted by Gasteiger charge is 2.33. The Morgan fingerprint density at radius 2 is 1.86 bits per heavy atom. The van der Waals surface area contributed by atoms with Crippen LogP contribution in [0.4, 0.5) is 0 Å². The van der Waals surface area contributed by atoms with E-state index in [9.17, 15) is 9.59 Å². The van der Waals surface area contributed by atoms with Gasteiger partial charge in [-0.25, -0.2) is 4.68 Å². The molecule has 1 aliphatic rings. The van der Waals surface area contributed by atoms with Crippen LogP contribution in [0.1, 0.15) is 17.5 Å². The van der Waals surface area contributed by atoms with E-state index in [2.05, 4.69) is 22.5 Å². The number of rotatable bonds is 7. The Hall–Kier alpha value is -3.41. The van der Waals surface area contributed by atoms with Gasteiger partial charge in [-0.2, -0.15) is 5.10 Å². The SMILES string of the molecule is O=C(NCc1ccccc1-n1cccn1)[C@@H]1CC(=O)N(CCc2ccccc2)C1. The van der Waals surface area contributed by atoms with Crippen LogP contribution in [0.5, 0.6) is 0 Å². The summed E-state index contributed by atoms with van der Waals surface area (Å²) in [5.41, 5.74) is 3.11. The molecule has 0 unspecified atom stereocenters. The van der Waals surface area contributed by atoms with Crippen LogP contribution in [0.3, 0.4) is 0 Å². The molecular formula is C23H24N4O2. The summed E-state index contributed by atoms with van der Waals surface area (Å²) in [6, 6.07) is 19.8. The van der Waals surface area contributed by atoms with Gasteiger partial charge in [0.05, 0.1) is 11.6 Å². The number of nitrogens with zero attached hydrogens (tertiary/aromatic N) is 3. The predicted octanol–water partition coefficient (Wildman–Crippen LogP) is 2.58. The van der Waals surface area contributed by atoms with Crippen LogP contribution < -0.4 is 5.32 Å². The molecule has 2 amide bonds. The number of para-hydroxylation sites is 1. The van der Waals surface area contributed by atoms with Crippen LogP contribution in [-0.4, -0.2) is 39.6 Å². The molecule has 0 bridgehead atoms. The number of likely N-dealkylation sites (tertiary alicyclic amines) is 1. The van der Waals surface area contributed by atoms with Gasteiger partial charge in [-0.3, -0.25) is 9.59 Å². The molecule has 1 saturated heterocycles. The average molecular weight is 388 g/mol. The van der Waals surface area contributed by atoms with Crippen molar-refractivity contribution in [2.24, 2.45) is 5.92 Å². The fourth-order valence-corrected chi connectivity index (χ4v) is 3.69. The molecule has 29 heavy (non-hydrogen) atoms. The van der Waals surface area contributed by atoms with Gasteiger partial charge in [0.2, 0.25) is 11.8 Å². The molecule has 1 aliphatic heterocycles. The number of nitrogens with one attached hydrogen (secondary N) is 1. The Labute approximate surface area is 170 Å². The van der Waals surface area contributed by atoms with Crippen molar-refractivity contribution in [2.75, 3.05) is 13.1 Å². The minimum atomic E-state index is -0.296. The molecule has 1 aromatic heterocycles. The first-order chi connectivity index (χ1) is 14.2. The van der Waals surface area contributed by atoms with E-state index >= 15 is 0 Å². The number of carbonyl (C=O) groups is 2. The van der Waals surface area contributed by atoms with Crippen LogP contribution in [0.2, 0.25) is 0 Å². The maximum absolute atomic E-state index is 12.7. The molecule has 4 rings (SSSR count). The smallest absolute Gasteiger partial charge is 0.225 e. The highest BCUT2D eigenvalue weighted by molar-refractivity contribution is 5.89. The Balaban J connectivity index is 1.32. The van der Waals surface area contributed by atoms with E-state index in [4.69, 9.17) is 0 Å². The first-order valence-corrected chi connectivity index (χ1v) is 9.88. The zero-order valence-electron chi connectivity index (χ0n) is 16.2. The molecule has 1 fully saturated rings. The summed E-state index contributed by atoms with van der Waals surface area (Å²) in [6.45, 7) is 1.54. The van der Waals surface area contributed by atoms with E-state index in [1.807, 2.05) is 54.7 Å². The van der Waals surface area contributed by atoms with Gasteiger partial charge in [-0.15, -0.1) is 0 Å².